The van der Waals surface area contributed by atoms with E-state index in [2.05, 4.69) is 20.9 Å². The summed E-state index contributed by atoms with van der Waals surface area (Å²) in [4.78, 5) is 14.0. The molecule has 0 aromatic carbocycles. The van der Waals surface area contributed by atoms with Crippen LogP contribution in [0, 0.1) is 5.82 Å². The quantitative estimate of drug-likeness (QED) is 0.775. The molecular formula is C6H3BrClFN2O. The van der Waals surface area contributed by atoms with Crippen LogP contribution in [0.1, 0.15) is 10.5 Å². The van der Waals surface area contributed by atoms with E-state index in [1.165, 1.54) is 0 Å². The molecule has 0 saturated carbocycles. The largest absolute Gasteiger partial charge is 0.364 e. The van der Waals surface area contributed by atoms with E-state index in [-0.39, 0.29) is 9.63 Å². The van der Waals surface area contributed by atoms with E-state index < -0.39 is 17.4 Å². The van der Waals surface area contributed by atoms with Gasteiger partial charge < -0.3 is 5.73 Å². The first-order chi connectivity index (χ1) is 5.52. The van der Waals surface area contributed by atoms with Crippen LogP contribution >= 0.6 is 27.5 Å². The Morgan fingerprint density at radius 2 is 2.33 bits per heavy atom. The zero-order chi connectivity index (χ0) is 9.30. The number of carbonyl (C=O) groups excluding carboxylic acids is 1. The van der Waals surface area contributed by atoms with Crippen LogP contribution in [0.3, 0.4) is 0 Å². The van der Waals surface area contributed by atoms with E-state index in [9.17, 15) is 9.18 Å². The predicted molar refractivity (Wildman–Crippen MR) is 45.4 cm³/mol. The van der Waals surface area contributed by atoms with Gasteiger partial charge in [-0.25, -0.2) is 9.37 Å². The Bertz CT molecular complexity index is 345. The molecule has 1 aromatic heterocycles. The molecule has 0 fully saturated rings. The number of hydrogen-bond donors (Lipinski definition) is 1. The van der Waals surface area contributed by atoms with Crippen molar-refractivity contribution in [3.8, 4) is 0 Å². The second-order valence-electron chi connectivity index (χ2n) is 1.96. The van der Waals surface area contributed by atoms with Gasteiger partial charge in [-0.2, -0.15) is 0 Å². The summed E-state index contributed by atoms with van der Waals surface area (Å²) < 4.78 is 13.1. The zero-order valence-corrected chi connectivity index (χ0v) is 7.99. The molecule has 0 spiro atoms. The number of aromatic nitrogens is 1. The molecular weight excluding hydrogens is 250 g/mol. The van der Waals surface area contributed by atoms with Gasteiger partial charge in [0.2, 0.25) is 0 Å². The molecule has 1 amide bonds. The Kier molecular flexibility index (Phi) is 2.64. The van der Waals surface area contributed by atoms with Crippen molar-refractivity contribution >= 4 is 33.4 Å². The summed E-state index contributed by atoms with van der Waals surface area (Å²) in [6, 6.07) is 1.04. The van der Waals surface area contributed by atoms with Crippen molar-refractivity contribution in [2.45, 2.75) is 0 Å². The number of amides is 1. The Balaban J connectivity index is 3.33. The third-order valence-corrected chi connectivity index (χ3v) is 2.24. The number of halogens is 3. The molecule has 1 rings (SSSR count). The summed E-state index contributed by atoms with van der Waals surface area (Å²) >= 11 is 8.44. The van der Waals surface area contributed by atoms with Crippen molar-refractivity contribution < 1.29 is 9.18 Å². The number of rotatable bonds is 1. The van der Waals surface area contributed by atoms with E-state index in [0.717, 1.165) is 6.07 Å². The van der Waals surface area contributed by atoms with Crippen molar-refractivity contribution in [2.75, 3.05) is 0 Å². The predicted octanol–water partition coefficient (Wildman–Crippen LogP) is 1.74. The number of carbonyl (C=O) groups is 1. The van der Waals surface area contributed by atoms with Crippen LogP contribution in [0.5, 0.6) is 0 Å². The second-order valence-corrected chi connectivity index (χ2v) is 3.17. The average molecular weight is 253 g/mol. The molecule has 0 atom stereocenters. The van der Waals surface area contributed by atoms with E-state index in [1.807, 2.05) is 0 Å². The maximum Gasteiger partial charge on any atom is 0.270 e. The van der Waals surface area contributed by atoms with Crippen LogP contribution in [0.2, 0.25) is 5.15 Å². The standard InChI is InChI=1S/C6H3BrClFN2O/c7-2-1-3(9)4(6(10)12)11-5(2)8/h1H,(H2,10,12). The van der Waals surface area contributed by atoms with Crippen molar-refractivity contribution in [1.29, 1.82) is 0 Å². The van der Waals surface area contributed by atoms with Gasteiger partial charge in [-0.05, 0) is 22.0 Å². The van der Waals surface area contributed by atoms with Crippen molar-refractivity contribution in [3.05, 3.63) is 27.2 Å². The summed E-state index contributed by atoms with van der Waals surface area (Å²) in [5, 5.41) is 0.00481. The van der Waals surface area contributed by atoms with Gasteiger partial charge in [0, 0.05) is 0 Å². The molecule has 0 bridgehead atoms. The van der Waals surface area contributed by atoms with Crippen molar-refractivity contribution in [3.63, 3.8) is 0 Å². The first-order valence-electron chi connectivity index (χ1n) is 2.83. The van der Waals surface area contributed by atoms with E-state index in [0.29, 0.717) is 0 Å². The molecule has 64 valence electrons. The van der Waals surface area contributed by atoms with Crippen LogP contribution < -0.4 is 5.73 Å². The Labute approximate surface area is 80.9 Å². The summed E-state index contributed by atoms with van der Waals surface area (Å²) in [7, 11) is 0. The lowest BCUT2D eigenvalue weighted by Gasteiger charge is -1.99. The topological polar surface area (TPSA) is 56.0 Å². The van der Waals surface area contributed by atoms with Crippen LogP contribution in [0.25, 0.3) is 0 Å². The SMILES string of the molecule is NC(=O)c1nc(Cl)c(Br)cc1F. The summed E-state index contributed by atoms with van der Waals surface area (Å²) in [5.74, 6) is -1.74. The highest BCUT2D eigenvalue weighted by Gasteiger charge is 2.12. The minimum Gasteiger partial charge on any atom is -0.364 e. The summed E-state index contributed by atoms with van der Waals surface area (Å²) in [6.07, 6.45) is 0. The first kappa shape index (κ1) is 9.41. The fourth-order valence-corrected chi connectivity index (χ4v) is 1.05. The van der Waals surface area contributed by atoms with Gasteiger partial charge in [-0.15, -0.1) is 0 Å². The van der Waals surface area contributed by atoms with Gasteiger partial charge >= 0.3 is 0 Å². The molecule has 0 radical (unpaired) electrons. The Morgan fingerprint density at radius 3 is 2.83 bits per heavy atom. The first-order valence-corrected chi connectivity index (χ1v) is 4.01. The number of hydrogen-bond acceptors (Lipinski definition) is 2. The van der Waals surface area contributed by atoms with Crippen LogP contribution in [-0.2, 0) is 0 Å². The second kappa shape index (κ2) is 3.37. The van der Waals surface area contributed by atoms with Crippen LogP contribution in [0.15, 0.2) is 10.5 Å². The molecule has 0 aliphatic carbocycles. The minimum absolute atomic E-state index is 0.00481. The normalized spacial score (nSPS) is 9.92. The van der Waals surface area contributed by atoms with Crippen LogP contribution in [-0.4, -0.2) is 10.9 Å². The highest BCUT2D eigenvalue weighted by molar-refractivity contribution is 9.10. The maximum absolute atomic E-state index is 12.8. The number of nitrogens with zero attached hydrogens (tertiary/aromatic N) is 1. The Morgan fingerprint density at radius 1 is 1.75 bits per heavy atom. The molecule has 0 aliphatic rings. The van der Waals surface area contributed by atoms with Crippen LogP contribution in [0.4, 0.5) is 4.39 Å². The number of primary amides is 1. The van der Waals surface area contributed by atoms with Crippen molar-refractivity contribution in [2.24, 2.45) is 5.73 Å². The molecule has 12 heavy (non-hydrogen) atoms. The van der Waals surface area contributed by atoms with Crippen molar-refractivity contribution in [1.82, 2.24) is 4.98 Å². The molecule has 3 nitrogen and oxygen atoms in total. The lowest BCUT2D eigenvalue weighted by molar-refractivity contribution is 0.0991. The van der Waals surface area contributed by atoms with Gasteiger partial charge in [-0.3, -0.25) is 4.79 Å². The highest BCUT2D eigenvalue weighted by atomic mass is 79.9. The third kappa shape index (κ3) is 1.73. The van der Waals surface area contributed by atoms with E-state index >= 15 is 0 Å². The summed E-state index contributed by atoms with van der Waals surface area (Å²) in [6.45, 7) is 0. The Hall–Kier alpha value is -0.680. The fourth-order valence-electron chi connectivity index (χ4n) is 0.617. The van der Waals surface area contributed by atoms with Gasteiger partial charge in [-0.1, -0.05) is 11.6 Å². The molecule has 0 saturated heterocycles. The molecule has 1 aromatic rings. The van der Waals surface area contributed by atoms with Gasteiger partial charge in [0.15, 0.2) is 11.5 Å². The number of nitrogens with two attached hydrogens (primary N) is 1. The smallest absolute Gasteiger partial charge is 0.270 e. The van der Waals surface area contributed by atoms with Gasteiger partial charge in [0.25, 0.3) is 5.91 Å². The van der Waals surface area contributed by atoms with Gasteiger partial charge in [0.05, 0.1) is 4.47 Å². The average Bonchev–Trinajstić information content (AvgIpc) is 1.96. The lowest BCUT2D eigenvalue weighted by Crippen LogP contribution is -2.15. The zero-order valence-electron chi connectivity index (χ0n) is 5.64. The molecule has 0 unspecified atom stereocenters. The molecule has 2 N–H and O–H groups in total. The molecule has 6 heteroatoms. The minimum atomic E-state index is -0.943. The fraction of sp³-hybridized carbons (Fsp3) is 0. The summed E-state index contributed by atoms with van der Waals surface area (Å²) in [5.41, 5.74) is 4.36. The van der Waals surface area contributed by atoms with E-state index in [1.54, 1.807) is 0 Å². The molecule has 0 aliphatic heterocycles. The lowest BCUT2D eigenvalue weighted by atomic mass is 10.3. The van der Waals surface area contributed by atoms with E-state index in [4.69, 9.17) is 17.3 Å². The van der Waals surface area contributed by atoms with Gasteiger partial charge in [0.1, 0.15) is 5.15 Å². The maximum atomic E-state index is 12.8. The third-order valence-electron chi connectivity index (χ3n) is 1.12. The monoisotopic (exact) mass is 252 g/mol. The number of pyridine rings is 1. The highest BCUT2D eigenvalue weighted by Crippen LogP contribution is 2.21. The molecule has 1 heterocycles.